The molecule has 4 heteroatoms. The highest BCUT2D eigenvalue weighted by Crippen LogP contribution is 2.05. The quantitative estimate of drug-likeness (QED) is 0.738. The van der Waals surface area contributed by atoms with Crippen LogP contribution in [0.2, 0.25) is 0 Å². The largest absolute Gasteiger partial charge is 0.390 e. The average molecular weight is 211 g/mol. The molecule has 0 saturated carbocycles. The lowest BCUT2D eigenvalue weighted by Crippen LogP contribution is -2.34. The lowest BCUT2D eigenvalue weighted by Gasteiger charge is -2.20. The van der Waals surface area contributed by atoms with Crippen molar-refractivity contribution in [1.82, 2.24) is 14.9 Å². The maximum absolute atomic E-state index is 9.53. The van der Waals surface area contributed by atoms with Gasteiger partial charge in [0.1, 0.15) is 0 Å². The smallest absolute Gasteiger partial charge is 0.0946 e. The molecular formula is C11H21N3O. The molecule has 1 rings (SSSR count). The minimum Gasteiger partial charge on any atom is -0.390 e. The topological polar surface area (TPSA) is 50.1 Å². The van der Waals surface area contributed by atoms with Crippen LogP contribution in [0.25, 0.3) is 0 Å². The van der Waals surface area contributed by atoms with E-state index in [-0.39, 0.29) is 0 Å². The third-order valence-corrected chi connectivity index (χ3v) is 2.27. The maximum Gasteiger partial charge on any atom is 0.0946 e. The van der Waals surface area contributed by atoms with E-state index in [2.05, 4.69) is 17.2 Å². The zero-order chi connectivity index (χ0) is 11.3. The minimum atomic E-state index is -0.582. The number of hydrogen-bond donors (Lipinski definition) is 2. The molecule has 86 valence electrons. The Morgan fingerprint density at radius 2 is 2.27 bits per heavy atom. The van der Waals surface area contributed by atoms with Gasteiger partial charge >= 0.3 is 0 Å². The van der Waals surface area contributed by atoms with Crippen LogP contribution in [0.5, 0.6) is 0 Å². The van der Waals surface area contributed by atoms with Crippen molar-refractivity contribution in [2.24, 2.45) is 0 Å². The van der Waals surface area contributed by atoms with E-state index in [1.807, 2.05) is 30.9 Å². The first kappa shape index (κ1) is 12.2. The van der Waals surface area contributed by atoms with Crippen molar-refractivity contribution in [1.29, 1.82) is 0 Å². The van der Waals surface area contributed by atoms with Crippen LogP contribution in [-0.4, -0.2) is 32.8 Å². The SMILES string of the molecule is CC(Cn1ccnc1)NCCC(C)(C)O. The van der Waals surface area contributed by atoms with Crippen molar-refractivity contribution < 1.29 is 5.11 Å². The molecular weight excluding hydrogens is 190 g/mol. The number of aromatic nitrogens is 2. The zero-order valence-corrected chi connectivity index (χ0v) is 9.77. The van der Waals surface area contributed by atoms with E-state index in [0.717, 1.165) is 19.5 Å². The van der Waals surface area contributed by atoms with Crippen LogP contribution in [0.4, 0.5) is 0 Å². The van der Waals surface area contributed by atoms with Crippen molar-refractivity contribution in [3.63, 3.8) is 0 Å². The van der Waals surface area contributed by atoms with Gasteiger partial charge in [-0.3, -0.25) is 0 Å². The molecule has 0 aliphatic rings. The first-order valence-corrected chi connectivity index (χ1v) is 5.39. The Morgan fingerprint density at radius 3 is 2.80 bits per heavy atom. The molecule has 0 bridgehead atoms. The highest BCUT2D eigenvalue weighted by Gasteiger charge is 2.12. The lowest BCUT2D eigenvalue weighted by atomic mass is 10.1. The summed E-state index contributed by atoms with van der Waals surface area (Å²) < 4.78 is 2.04. The van der Waals surface area contributed by atoms with Crippen molar-refractivity contribution >= 4 is 0 Å². The van der Waals surface area contributed by atoms with Gasteiger partial charge in [0.25, 0.3) is 0 Å². The molecule has 0 spiro atoms. The van der Waals surface area contributed by atoms with Crippen LogP contribution in [0.1, 0.15) is 27.2 Å². The predicted molar refractivity (Wildman–Crippen MR) is 60.6 cm³/mol. The lowest BCUT2D eigenvalue weighted by molar-refractivity contribution is 0.0704. The molecule has 0 aromatic carbocycles. The van der Waals surface area contributed by atoms with Crippen LogP contribution >= 0.6 is 0 Å². The molecule has 1 unspecified atom stereocenters. The second kappa shape index (κ2) is 5.28. The summed E-state index contributed by atoms with van der Waals surface area (Å²) in [4.78, 5) is 3.99. The number of imidazole rings is 1. The predicted octanol–water partition coefficient (Wildman–Crippen LogP) is 1.02. The molecule has 4 nitrogen and oxygen atoms in total. The van der Waals surface area contributed by atoms with Crippen LogP contribution in [0.3, 0.4) is 0 Å². The summed E-state index contributed by atoms with van der Waals surface area (Å²) in [5.74, 6) is 0. The third kappa shape index (κ3) is 5.54. The molecule has 1 aromatic rings. The highest BCUT2D eigenvalue weighted by molar-refractivity contribution is 4.77. The number of aliphatic hydroxyl groups is 1. The fourth-order valence-corrected chi connectivity index (χ4v) is 1.40. The van der Waals surface area contributed by atoms with Gasteiger partial charge in [-0.1, -0.05) is 0 Å². The van der Waals surface area contributed by atoms with Gasteiger partial charge in [-0.05, 0) is 33.7 Å². The normalized spacial score (nSPS) is 14.1. The van der Waals surface area contributed by atoms with E-state index < -0.39 is 5.60 Å². The molecule has 0 aliphatic carbocycles. The molecule has 2 N–H and O–H groups in total. The summed E-state index contributed by atoms with van der Waals surface area (Å²) in [5, 5.41) is 12.9. The van der Waals surface area contributed by atoms with E-state index in [1.54, 1.807) is 6.20 Å². The first-order valence-electron chi connectivity index (χ1n) is 5.39. The fraction of sp³-hybridized carbons (Fsp3) is 0.727. The standard InChI is InChI=1S/C11H21N3O/c1-10(8-14-7-6-12-9-14)13-5-4-11(2,3)15/h6-7,9-10,13,15H,4-5,8H2,1-3H3. The van der Waals surface area contributed by atoms with E-state index in [4.69, 9.17) is 0 Å². The van der Waals surface area contributed by atoms with E-state index in [1.165, 1.54) is 0 Å². The average Bonchev–Trinajstić information content (AvgIpc) is 2.54. The maximum atomic E-state index is 9.53. The highest BCUT2D eigenvalue weighted by atomic mass is 16.3. The second-order valence-electron chi connectivity index (χ2n) is 4.68. The Kier molecular flexibility index (Phi) is 4.29. The summed E-state index contributed by atoms with van der Waals surface area (Å²) in [6, 6.07) is 0.390. The Bertz CT molecular complexity index is 264. The zero-order valence-electron chi connectivity index (χ0n) is 9.77. The van der Waals surface area contributed by atoms with Gasteiger partial charge in [-0.15, -0.1) is 0 Å². The summed E-state index contributed by atoms with van der Waals surface area (Å²) in [6.07, 6.45) is 6.31. The van der Waals surface area contributed by atoms with Gasteiger partial charge in [0.2, 0.25) is 0 Å². The molecule has 0 fully saturated rings. The van der Waals surface area contributed by atoms with Gasteiger partial charge in [0.05, 0.1) is 11.9 Å². The summed E-state index contributed by atoms with van der Waals surface area (Å²) in [5.41, 5.74) is -0.582. The minimum absolute atomic E-state index is 0.390. The molecule has 1 aromatic heterocycles. The summed E-state index contributed by atoms with van der Waals surface area (Å²) >= 11 is 0. The molecule has 0 radical (unpaired) electrons. The molecule has 15 heavy (non-hydrogen) atoms. The Morgan fingerprint density at radius 1 is 1.53 bits per heavy atom. The second-order valence-corrected chi connectivity index (χ2v) is 4.68. The van der Waals surface area contributed by atoms with Gasteiger partial charge in [-0.2, -0.15) is 0 Å². The molecule has 0 amide bonds. The monoisotopic (exact) mass is 211 g/mol. The fourth-order valence-electron chi connectivity index (χ4n) is 1.40. The van der Waals surface area contributed by atoms with Gasteiger partial charge in [0, 0.05) is 25.0 Å². The molecule has 1 heterocycles. The van der Waals surface area contributed by atoms with E-state index in [0.29, 0.717) is 6.04 Å². The van der Waals surface area contributed by atoms with Crippen molar-refractivity contribution in [2.75, 3.05) is 6.54 Å². The molecule has 0 aliphatic heterocycles. The Hall–Kier alpha value is -0.870. The first-order chi connectivity index (χ1) is 6.97. The molecule has 0 saturated heterocycles. The van der Waals surface area contributed by atoms with Crippen molar-refractivity contribution in [3.05, 3.63) is 18.7 Å². The Labute approximate surface area is 91.3 Å². The van der Waals surface area contributed by atoms with Crippen LogP contribution in [0, 0.1) is 0 Å². The molecule has 1 atom stereocenters. The third-order valence-electron chi connectivity index (χ3n) is 2.27. The Balaban J connectivity index is 2.17. The van der Waals surface area contributed by atoms with Crippen molar-refractivity contribution in [3.8, 4) is 0 Å². The van der Waals surface area contributed by atoms with Gasteiger partial charge < -0.3 is 15.0 Å². The number of hydrogen-bond acceptors (Lipinski definition) is 3. The van der Waals surface area contributed by atoms with E-state index >= 15 is 0 Å². The van der Waals surface area contributed by atoms with Crippen LogP contribution in [-0.2, 0) is 6.54 Å². The number of rotatable bonds is 6. The van der Waals surface area contributed by atoms with Crippen molar-refractivity contribution in [2.45, 2.75) is 45.4 Å². The van der Waals surface area contributed by atoms with Gasteiger partial charge in [-0.25, -0.2) is 4.98 Å². The summed E-state index contributed by atoms with van der Waals surface area (Å²) in [7, 11) is 0. The number of nitrogens with one attached hydrogen (secondary N) is 1. The number of nitrogens with zero attached hydrogens (tertiary/aromatic N) is 2. The summed E-state index contributed by atoms with van der Waals surface area (Å²) in [6.45, 7) is 7.53. The van der Waals surface area contributed by atoms with Crippen LogP contribution in [0.15, 0.2) is 18.7 Å². The van der Waals surface area contributed by atoms with E-state index in [9.17, 15) is 5.11 Å². The van der Waals surface area contributed by atoms with Crippen LogP contribution < -0.4 is 5.32 Å². The van der Waals surface area contributed by atoms with Gasteiger partial charge in [0.15, 0.2) is 0 Å².